The number of hydrogen-bond acceptors (Lipinski definition) is 9. The van der Waals surface area contributed by atoms with E-state index in [1.165, 1.54) is 57.8 Å². The van der Waals surface area contributed by atoms with E-state index in [0.717, 1.165) is 57.8 Å². The molecule has 0 aromatic carbocycles. The van der Waals surface area contributed by atoms with Gasteiger partial charge in [-0.3, -0.25) is 18.6 Å². The van der Waals surface area contributed by atoms with Gasteiger partial charge in [-0.15, -0.1) is 0 Å². The first-order valence-corrected chi connectivity index (χ1v) is 22.4. The van der Waals surface area contributed by atoms with E-state index in [2.05, 4.69) is 79.1 Å². The van der Waals surface area contributed by atoms with Gasteiger partial charge in [-0.05, 0) is 51.4 Å². The zero-order valence-electron chi connectivity index (χ0n) is 34.1. The van der Waals surface area contributed by atoms with Crippen LogP contribution in [0.4, 0.5) is 0 Å². The van der Waals surface area contributed by atoms with Gasteiger partial charge in [0.2, 0.25) is 0 Å². The molecule has 0 saturated carbocycles. The largest absolute Gasteiger partial charge is 0.472 e. The molecule has 10 nitrogen and oxygen atoms in total. The van der Waals surface area contributed by atoms with Gasteiger partial charge in [0.1, 0.15) is 12.7 Å². The second-order valence-electron chi connectivity index (χ2n) is 13.6. The number of carbonyl (C=O) groups excluding carboxylic acids is 2. The predicted octanol–water partition coefficient (Wildman–Crippen LogP) is 10.9. The zero-order chi connectivity index (χ0) is 40.5. The van der Waals surface area contributed by atoms with Gasteiger partial charge in [-0.2, -0.15) is 0 Å². The van der Waals surface area contributed by atoms with E-state index in [9.17, 15) is 24.2 Å². The Bertz CT molecular complexity index is 1140. The van der Waals surface area contributed by atoms with Crippen LogP contribution in [0.15, 0.2) is 72.9 Å². The van der Waals surface area contributed by atoms with E-state index in [-0.39, 0.29) is 19.4 Å². The van der Waals surface area contributed by atoms with Crippen LogP contribution in [-0.4, -0.2) is 65.7 Å². The zero-order valence-corrected chi connectivity index (χ0v) is 35.0. The van der Waals surface area contributed by atoms with Crippen molar-refractivity contribution in [3.8, 4) is 0 Å². The van der Waals surface area contributed by atoms with Gasteiger partial charge in [0, 0.05) is 12.8 Å². The molecule has 1 unspecified atom stereocenters. The van der Waals surface area contributed by atoms with Crippen LogP contribution in [0.5, 0.6) is 0 Å². The third-order valence-corrected chi connectivity index (χ3v) is 9.34. The van der Waals surface area contributed by atoms with Gasteiger partial charge in [-0.1, -0.05) is 164 Å². The Balaban J connectivity index is 4.46. The Kier molecular flexibility index (Phi) is 37.8. The highest BCUT2D eigenvalue weighted by atomic mass is 31.2. The summed E-state index contributed by atoms with van der Waals surface area (Å²) >= 11 is 0. The summed E-state index contributed by atoms with van der Waals surface area (Å²) in [5.41, 5.74) is 0. The highest BCUT2D eigenvalue weighted by Crippen LogP contribution is 2.43. The third kappa shape index (κ3) is 39.4. The van der Waals surface area contributed by atoms with Crippen LogP contribution in [0, 0.1) is 0 Å². The van der Waals surface area contributed by atoms with Gasteiger partial charge in [-0.25, -0.2) is 4.57 Å². The Morgan fingerprint density at radius 3 is 1.47 bits per heavy atom. The molecule has 11 heteroatoms. The summed E-state index contributed by atoms with van der Waals surface area (Å²) in [7, 11) is -4.64. The number of aliphatic hydroxyl groups excluding tert-OH is 2. The van der Waals surface area contributed by atoms with Crippen LogP contribution in [-0.2, 0) is 32.7 Å². The van der Waals surface area contributed by atoms with Gasteiger partial charge >= 0.3 is 19.8 Å². The summed E-state index contributed by atoms with van der Waals surface area (Å²) in [5.74, 6) is -1.03. The SMILES string of the molecule is CC/C=C\C/C=C\C/C=C\C/C=C\C/C=C\C/C=C\CCC(=O)O[C@H](COC(=O)CCCCCCCCCCCCCCC)COP(=O)(O)OC[C@@H](O)CO. The number of rotatable bonds is 38. The fraction of sp³-hybridized carbons (Fsp3) is 0.682. The molecule has 0 amide bonds. The minimum Gasteiger partial charge on any atom is -0.462 e. The average molecular weight is 795 g/mol. The van der Waals surface area contributed by atoms with Crippen molar-refractivity contribution in [3.05, 3.63) is 72.9 Å². The molecule has 0 saturated heterocycles. The van der Waals surface area contributed by atoms with Crippen LogP contribution >= 0.6 is 7.82 Å². The Hall–Kier alpha value is -2.59. The topological polar surface area (TPSA) is 149 Å². The molecule has 316 valence electrons. The number of ether oxygens (including phenoxy) is 2. The number of aliphatic hydroxyl groups is 2. The number of phosphoric ester groups is 1. The Labute approximate surface area is 333 Å². The lowest BCUT2D eigenvalue weighted by molar-refractivity contribution is -0.161. The fourth-order valence-electron chi connectivity index (χ4n) is 5.19. The summed E-state index contributed by atoms with van der Waals surface area (Å²) in [6.07, 6.45) is 44.5. The van der Waals surface area contributed by atoms with E-state index < -0.39 is 51.8 Å². The van der Waals surface area contributed by atoms with Crippen molar-refractivity contribution in [3.63, 3.8) is 0 Å². The molecule has 0 spiro atoms. The van der Waals surface area contributed by atoms with E-state index in [4.69, 9.17) is 19.1 Å². The molecule has 0 rings (SSSR count). The smallest absolute Gasteiger partial charge is 0.462 e. The molecule has 0 aliphatic heterocycles. The highest BCUT2D eigenvalue weighted by molar-refractivity contribution is 7.47. The monoisotopic (exact) mass is 795 g/mol. The molecule has 0 fully saturated rings. The first kappa shape index (κ1) is 52.4. The van der Waals surface area contributed by atoms with Crippen molar-refractivity contribution < 1.29 is 47.8 Å². The van der Waals surface area contributed by atoms with Crippen molar-refractivity contribution >= 4 is 19.8 Å². The number of esters is 2. The molecule has 0 aromatic heterocycles. The number of phosphoric acid groups is 1. The summed E-state index contributed by atoms with van der Waals surface area (Å²) in [4.78, 5) is 34.9. The maximum atomic E-state index is 12.6. The van der Waals surface area contributed by atoms with Gasteiger partial charge in [0.15, 0.2) is 6.10 Å². The number of hydrogen-bond donors (Lipinski definition) is 3. The first-order valence-electron chi connectivity index (χ1n) is 20.9. The van der Waals surface area contributed by atoms with Gasteiger partial charge < -0.3 is 24.6 Å². The van der Waals surface area contributed by atoms with Crippen molar-refractivity contribution in [1.82, 2.24) is 0 Å². The second-order valence-corrected chi connectivity index (χ2v) is 15.1. The molecular formula is C44H75O10P. The Morgan fingerprint density at radius 2 is 1.00 bits per heavy atom. The molecule has 0 bridgehead atoms. The second kappa shape index (κ2) is 39.6. The minimum absolute atomic E-state index is 0.0571. The maximum absolute atomic E-state index is 12.6. The van der Waals surface area contributed by atoms with Gasteiger partial charge in [0.05, 0.1) is 19.8 Å². The summed E-state index contributed by atoms with van der Waals surface area (Å²) in [5, 5.41) is 18.3. The van der Waals surface area contributed by atoms with Crippen molar-refractivity contribution in [2.24, 2.45) is 0 Å². The van der Waals surface area contributed by atoms with Crippen LogP contribution < -0.4 is 0 Å². The normalized spacial score (nSPS) is 14.6. The summed E-state index contributed by atoms with van der Waals surface area (Å²) < 4.78 is 32.6. The maximum Gasteiger partial charge on any atom is 0.472 e. The third-order valence-electron chi connectivity index (χ3n) is 8.39. The average Bonchev–Trinajstić information content (AvgIpc) is 3.17. The van der Waals surface area contributed by atoms with Crippen LogP contribution in [0.2, 0.25) is 0 Å². The van der Waals surface area contributed by atoms with Gasteiger partial charge in [0.25, 0.3) is 0 Å². The van der Waals surface area contributed by atoms with Crippen molar-refractivity contribution in [2.45, 2.75) is 167 Å². The number of allylic oxidation sites excluding steroid dienone is 12. The Morgan fingerprint density at radius 1 is 0.564 bits per heavy atom. The molecule has 3 atom stereocenters. The van der Waals surface area contributed by atoms with Crippen molar-refractivity contribution in [2.75, 3.05) is 26.4 Å². The van der Waals surface area contributed by atoms with E-state index in [1.807, 2.05) is 12.2 Å². The standard InChI is InChI=1S/C44H75O10P/c1-3-5-7-9-11-13-15-17-18-19-20-21-22-24-26-28-30-32-34-36-44(48)54-42(40-53-55(49,50)52-38-41(46)37-45)39-51-43(47)35-33-31-29-27-25-23-16-14-12-10-8-6-4-2/h5,7,11,13,17-18,20-21,24,26,30,32,41-42,45-46H,3-4,6,8-10,12,14-16,19,22-23,25,27-29,31,33-40H2,1-2H3,(H,49,50)/b7-5-,13-11-,18-17-,21-20-,26-24-,32-30-/t41-,42+/m0/s1. The summed E-state index contributed by atoms with van der Waals surface area (Å²) in [6, 6.07) is 0. The van der Waals surface area contributed by atoms with Crippen LogP contribution in [0.25, 0.3) is 0 Å². The van der Waals surface area contributed by atoms with E-state index in [0.29, 0.717) is 12.8 Å². The molecular weight excluding hydrogens is 719 g/mol. The molecule has 0 radical (unpaired) electrons. The molecule has 0 heterocycles. The van der Waals surface area contributed by atoms with Crippen LogP contribution in [0.3, 0.4) is 0 Å². The number of unbranched alkanes of at least 4 members (excludes halogenated alkanes) is 12. The molecule has 55 heavy (non-hydrogen) atoms. The first-order chi connectivity index (χ1) is 26.7. The number of carbonyl (C=O) groups is 2. The quantitative estimate of drug-likeness (QED) is 0.0239. The highest BCUT2D eigenvalue weighted by Gasteiger charge is 2.27. The lowest BCUT2D eigenvalue weighted by atomic mass is 10.0. The predicted molar refractivity (Wildman–Crippen MR) is 223 cm³/mol. The lowest BCUT2D eigenvalue weighted by Gasteiger charge is -2.20. The van der Waals surface area contributed by atoms with E-state index >= 15 is 0 Å². The lowest BCUT2D eigenvalue weighted by Crippen LogP contribution is -2.29. The molecule has 0 aromatic rings. The van der Waals surface area contributed by atoms with E-state index in [1.54, 1.807) is 0 Å². The fourth-order valence-corrected chi connectivity index (χ4v) is 5.98. The minimum atomic E-state index is -4.64. The summed E-state index contributed by atoms with van der Waals surface area (Å²) in [6.45, 7) is 2.16. The van der Waals surface area contributed by atoms with Crippen LogP contribution in [0.1, 0.15) is 155 Å². The molecule has 3 N–H and O–H groups in total. The molecule has 0 aliphatic carbocycles. The van der Waals surface area contributed by atoms with Crippen molar-refractivity contribution in [1.29, 1.82) is 0 Å². The molecule has 0 aliphatic rings.